The van der Waals surface area contributed by atoms with Crippen molar-refractivity contribution in [3.8, 4) is 5.69 Å². The maximum atomic E-state index is 5.94. The van der Waals surface area contributed by atoms with Crippen LogP contribution in [-0.4, -0.2) is 15.0 Å². The molecule has 84 valence electrons. The van der Waals surface area contributed by atoms with Crippen molar-refractivity contribution in [2.75, 3.05) is 0 Å². The molecule has 3 nitrogen and oxygen atoms in total. The summed E-state index contributed by atoms with van der Waals surface area (Å²) in [7, 11) is 0. The molecule has 0 aliphatic rings. The van der Waals surface area contributed by atoms with Crippen LogP contribution in [0.15, 0.2) is 30.5 Å². The van der Waals surface area contributed by atoms with Gasteiger partial charge in [0.15, 0.2) is 0 Å². The number of rotatable bonds is 3. The molecular weight excluding hydrogens is 222 g/mol. The van der Waals surface area contributed by atoms with Crippen LogP contribution in [0.1, 0.15) is 30.5 Å². The fraction of sp³-hybridized carbons (Fsp3) is 0.333. The topological polar surface area (TPSA) is 30.7 Å². The molecule has 1 aromatic heterocycles. The third-order valence-corrected chi connectivity index (χ3v) is 2.75. The second-order valence-corrected chi connectivity index (χ2v) is 4.38. The maximum absolute atomic E-state index is 5.94. The second-order valence-electron chi connectivity index (χ2n) is 3.72. The minimum atomic E-state index is -0.108. The summed E-state index contributed by atoms with van der Waals surface area (Å²) in [5.41, 5.74) is 3.12. The van der Waals surface area contributed by atoms with E-state index in [-0.39, 0.29) is 5.38 Å². The quantitative estimate of drug-likeness (QED) is 0.766. The van der Waals surface area contributed by atoms with E-state index in [2.05, 4.69) is 29.4 Å². The SMILES string of the molecule is CCc1ccc(-n2cc(C(C)Cl)nn2)cc1. The molecule has 0 N–H and O–H groups in total. The lowest BCUT2D eigenvalue weighted by atomic mass is 10.1. The third kappa shape index (κ3) is 2.25. The van der Waals surface area contributed by atoms with Crippen LogP contribution in [0.4, 0.5) is 0 Å². The fourth-order valence-corrected chi connectivity index (χ4v) is 1.57. The molecular formula is C12H14ClN3. The van der Waals surface area contributed by atoms with E-state index >= 15 is 0 Å². The van der Waals surface area contributed by atoms with Crippen LogP contribution < -0.4 is 0 Å². The van der Waals surface area contributed by atoms with Gasteiger partial charge in [0.2, 0.25) is 0 Å². The molecule has 1 aromatic carbocycles. The van der Waals surface area contributed by atoms with Gasteiger partial charge in [0.05, 0.1) is 17.3 Å². The lowest BCUT2D eigenvalue weighted by Crippen LogP contribution is -1.94. The van der Waals surface area contributed by atoms with Crippen molar-refractivity contribution in [1.29, 1.82) is 0 Å². The average Bonchev–Trinajstić information content (AvgIpc) is 2.78. The molecule has 16 heavy (non-hydrogen) atoms. The monoisotopic (exact) mass is 235 g/mol. The molecule has 0 radical (unpaired) electrons. The van der Waals surface area contributed by atoms with Gasteiger partial charge in [-0.3, -0.25) is 0 Å². The Morgan fingerprint density at radius 2 is 2.00 bits per heavy atom. The zero-order valence-electron chi connectivity index (χ0n) is 9.39. The Balaban J connectivity index is 2.28. The third-order valence-electron chi connectivity index (χ3n) is 2.53. The highest BCUT2D eigenvalue weighted by atomic mass is 35.5. The van der Waals surface area contributed by atoms with Gasteiger partial charge in [-0.05, 0) is 31.0 Å². The van der Waals surface area contributed by atoms with Gasteiger partial charge >= 0.3 is 0 Å². The number of hydrogen-bond acceptors (Lipinski definition) is 2. The molecule has 0 fully saturated rings. The number of benzene rings is 1. The summed E-state index contributed by atoms with van der Waals surface area (Å²) in [6.45, 7) is 4.02. The van der Waals surface area contributed by atoms with Crippen molar-refractivity contribution in [2.24, 2.45) is 0 Å². The minimum absolute atomic E-state index is 0.108. The molecule has 0 saturated heterocycles. The summed E-state index contributed by atoms with van der Waals surface area (Å²) in [6, 6.07) is 8.27. The van der Waals surface area contributed by atoms with E-state index in [1.165, 1.54) is 5.56 Å². The van der Waals surface area contributed by atoms with Crippen molar-refractivity contribution in [1.82, 2.24) is 15.0 Å². The van der Waals surface area contributed by atoms with Gasteiger partial charge < -0.3 is 0 Å². The van der Waals surface area contributed by atoms with Crippen molar-refractivity contribution in [3.05, 3.63) is 41.7 Å². The number of aryl methyl sites for hydroxylation is 1. The van der Waals surface area contributed by atoms with E-state index in [9.17, 15) is 0 Å². The Labute approximate surface area is 100 Å². The Kier molecular flexibility index (Phi) is 3.25. The summed E-state index contributed by atoms with van der Waals surface area (Å²) in [5, 5.41) is 7.95. The molecule has 0 aliphatic carbocycles. The van der Waals surface area contributed by atoms with Crippen LogP contribution in [0.25, 0.3) is 5.69 Å². The smallest absolute Gasteiger partial charge is 0.101 e. The summed E-state index contributed by atoms with van der Waals surface area (Å²) >= 11 is 5.94. The number of halogens is 1. The van der Waals surface area contributed by atoms with Gasteiger partial charge in [-0.15, -0.1) is 16.7 Å². The van der Waals surface area contributed by atoms with Crippen LogP contribution in [0.5, 0.6) is 0 Å². The van der Waals surface area contributed by atoms with Crippen LogP contribution in [0.3, 0.4) is 0 Å². The molecule has 0 aliphatic heterocycles. The second kappa shape index (κ2) is 4.66. The number of alkyl halides is 1. The summed E-state index contributed by atoms with van der Waals surface area (Å²) in [6.07, 6.45) is 2.90. The first-order chi connectivity index (χ1) is 7.70. The van der Waals surface area contributed by atoms with E-state index in [4.69, 9.17) is 11.6 Å². The van der Waals surface area contributed by atoms with Gasteiger partial charge in [-0.25, -0.2) is 4.68 Å². The highest BCUT2D eigenvalue weighted by Crippen LogP contribution is 2.17. The lowest BCUT2D eigenvalue weighted by molar-refractivity contribution is 0.796. The normalized spacial score (nSPS) is 12.7. The van der Waals surface area contributed by atoms with Crippen LogP contribution in [-0.2, 0) is 6.42 Å². The van der Waals surface area contributed by atoms with E-state index in [0.29, 0.717) is 0 Å². The molecule has 1 unspecified atom stereocenters. The molecule has 1 heterocycles. The first kappa shape index (κ1) is 11.1. The molecule has 1 atom stereocenters. The van der Waals surface area contributed by atoms with Gasteiger partial charge in [-0.1, -0.05) is 24.3 Å². The molecule has 2 aromatic rings. The molecule has 4 heteroatoms. The maximum Gasteiger partial charge on any atom is 0.101 e. The number of hydrogen-bond donors (Lipinski definition) is 0. The van der Waals surface area contributed by atoms with Crippen molar-refractivity contribution >= 4 is 11.6 Å². The van der Waals surface area contributed by atoms with E-state index in [1.807, 2.05) is 25.3 Å². The Morgan fingerprint density at radius 1 is 1.31 bits per heavy atom. The van der Waals surface area contributed by atoms with Crippen LogP contribution in [0, 0.1) is 0 Å². The van der Waals surface area contributed by atoms with Crippen LogP contribution >= 0.6 is 11.6 Å². The summed E-state index contributed by atoms with van der Waals surface area (Å²) < 4.78 is 1.74. The Morgan fingerprint density at radius 3 is 2.50 bits per heavy atom. The van der Waals surface area contributed by atoms with Crippen LogP contribution in [0.2, 0.25) is 0 Å². The number of nitrogens with zero attached hydrogens (tertiary/aromatic N) is 3. The minimum Gasteiger partial charge on any atom is -0.220 e. The predicted octanol–water partition coefficient (Wildman–Crippen LogP) is 3.13. The van der Waals surface area contributed by atoms with E-state index in [0.717, 1.165) is 17.8 Å². The first-order valence-electron chi connectivity index (χ1n) is 5.36. The van der Waals surface area contributed by atoms with Crippen molar-refractivity contribution < 1.29 is 0 Å². The van der Waals surface area contributed by atoms with E-state index < -0.39 is 0 Å². The average molecular weight is 236 g/mol. The highest BCUT2D eigenvalue weighted by molar-refractivity contribution is 6.20. The summed E-state index contributed by atoms with van der Waals surface area (Å²) in [4.78, 5) is 0. The van der Waals surface area contributed by atoms with Crippen molar-refractivity contribution in [3.63, 3.8) is 0 Å². The fourth-order valence-electron chi connectivity index (χ4n) is 1.47. The van der Waals surface area contributed by atoms with Gasteiger partial charge in [0.1, 0.15) is 5.69 Å². The standard InChI is InChI=1S/C12H14ClN3/c1-3-10-4-6-11(7-5-10)16-8-12(9(2)13)14-15-16/h4-9H,3H2,1-2H3. The molecule has 0 spiro atoms. The zero-order chi connectivity index (χ0) is 11.5. The molecule has 0 saturated carbocycles. The predicted molar refractivity (Wildman–Crippen MR) is 65.0 cm³/mol. The summed E-state index contributed by atoms with van der Waals surface area (Å²) in [5.74, 6) is 0. The number of aromatic nitrogens is 3. The molecule has 0 amide bonds. The Bertz CT molecular complexity index is 459. The van der Waals surface area contributed by atoms with Gasteiger partial charge in [0, 0.05) is 0 Å². The lowest BCUT2D eigenvalue weighted by Gasteiger charge is -2.01. The highest BCUT2D eigenvalue weighted by Gasteiger charge is 2.07. The molecule has 0 bridgehead atoms. The largest absolute Gasteiger partial charge is 0.220 e. The zero-order valence-corrected chi connectivity index (χ0v) is 10.1. The van der Waals surface area contributed by atoms with Gasteiger partial charge in [-0.2, -0.15) is 0 Å². The molecule has 2 rings (SSSR count). The first-order valence-corrected chi connectivity index (χ1v) is 5.80. The van der Waals surface area contributed by atoms with Crippen molar-refractivity contribution in [2.45, 2.75) is 25.6 Å². The van der Waals surface area contributed by atoms with Gasteiger partial charge in [0.25, 0.3) is 0 Å². The Hall–Kier alpha value is -1.35. The van der Waals surface area contributed by atoms with E-state index in [1.54, 1.807) is 4.68 Å².